The van der Waals surface area contributed by atoms with E-state index in [4.69, 9.17) is 48.4 Å². The predicted molar refractivity (Wildman–Crippen MR) is 186 cm³/mol. The number of unbranched alkanes of at least 4 members (excludes halogenated alkanes) is 14. The average molecular weight is 680 g/mol. The molecule has 0 heterocycles. The third-order valence-corrected chi connectivity index (χ3v) is 7.34. The maximum absolute atomic E-state index is 11.9. The van der Waals surface area contributed by atoms with E-state index in [-0.39, 0.29) is 5.97 Å². The van der Waals surface area contributed by atoms with Crippen molar-refractivity contribution < 1.29 is 47.4 Å². The van der Waals surface area contributed by atoms with E-state index in [9.17, 15) is 4.79 Å². The zero-order valence-electron chi connectivity index (χ0n) is 30.2. The molecule has 0 unspecified atom stereocenters. The summed E-state index contributed by atoms with van der Waals surface area (Å²) in [6, 6.07) is 0. The number of carbonyl (C=O) groups excluding carboxylic acids is 1. The second kappa shape index (κ2) is 43.1. The van der Waals surface area contributed by atoms with E-state index in [0.29, 0.717) is 125 Å². The van der Waals surface area contributed by atoms with Crippen LogP contribution in [0.5, 0.6) is 0 Å². The third-order valence-electron chi connectivity index (χ3n) is 7.34. The Labute approximate surface area is 287 Å². The zero-order chi connectivity index (χ0) is 34.0. The number of carbonyl (C=O) groups is 1. The second-order valence-corrected chi connectivity index (χ2v) is 11.6. The van der Waals surface area contributed by atoms with Gasteiger partial charge in [-0.1, -0.05) is 96.8 Å². The molecule has 0 saturated carbocycles. The maximum Gasteiger partial charge on any atom is 0.305 e. The molecule has 0 aromatic rings. The maximum atomic E-state index is 11.9. The molecule has 0 aromatic heterocycles. The van der Waals surface area contributed by atoms with Gasteiger partial charge in [0, 0.05) is 13.0 Å². The van der Waals surface area contributed by atoms with Gasteiger partial charge >= 0.3 is 5.97 Å². The number of rotatable bonds is 42. The molecule has 11 heteroatoms. The molecule has 11 nitrogen and oxygen atoms in total. The lowest BCUT2D eigenvalue weighted by molar-refractivity contribution is -0.145. The number of nitrogens with two attached hydrogens (primary N) is 1. The molecular formula is C36H73NO10. The molecule has 0 aliphatic carbocycles. The Hall–Kier alpha value is -0.890. The number of hydrogen-bond donors (Lipinski definition) is 1. The van der Waals surface area contributed by atoms with Crippen LogP contribution >= 0.6 is 0 Å². The van der Waals surface area contributed by atoms with E-state index in [1.807, 2.05) is 0 Å². The monoisotopic (exact) mass is 680 g/mol. The first-order chi connectivity index (χ1) is 23.3. The van der Waals surface area contributed by atoms with Gasteiger partial charge in [0.05, 0.1) is 106 Å². The molecule has 0 atom stereocenters. The quantitative estimate of drug-likeness (QED) is 0.0614. The standard InChI is InChI=1S/C36H73NO10/c1-2-3-4-5-6-7-8-9-10-11-12-13-14-15-16-17-36(38)47-35-34-46-33-32-45-31-30-44-29-28-43-27-26-42-25-24-41-23-22-40-21-20-39-19-18-37/h2-35,37H2,1H3. The van der Waals surface area contributed by atoms with E-state index >= 15 is 0 Å². The molecule has 0 rings (SSSR count). The summed E-state index contributed by atoms with van der Waals surface area (Å²) in [6.07, 6.45) is 20.3. The molecule has 0 aliphatic rings. The first-order valence-corrected chi connectivity index (χ1v) is 18.8. The Morgan fingerprint density at radius 1 is 0.362 bits per heavy atom. The highest BCUT2D eigenvalue weighted by Crippen LogP contribution is 2.13. The fourth-order valence-corrected chi connectivity index (χ4v) is 4.65. The van der Waals surface area contributed by atoms with Gasteiger partial charge in [-0.15, -0.1) is 0 Å². The van der Waals surface area contributed by atoms with Crippen LogP contribution < -0.4 is 5.73 Å². The van der Waals surface area contributed by atoms with Crippen molar-refractivity contribution in [3.63, 3.8) is 0 Å². The van der Waals surface area contributed by atoms with Gasteiger partial charge in [-0.3, -0.25) is 4.79 Å². The summed E-state index contributed by atoms with van der Waals surface area (Å²) >= 11 is 0. The molecular weight excluding hydrogens is 606 g/mol. The minimum atomic E-state index is -0.128. The van der Waals surface area contributed by atoms with Gasteiger partial charge in [-0.25, -0.2) is 0 Å². The average Bonchev–Trinajstić information content (AvgIpc) is 3.08. The minimum Gasteiger partial charge on any atom is -0.463 e. The van der Waals surface area contributed by atoms with Gasteiger partial charge in [0.15, 0.2) is 0 Å². The minimum absolute atomic E-state index is 0.128. The summed E-state index contributed by atoms with van der Waals surface area (Å²) in [6.45, 7) is 11.2. The molecule has 0 spiro atoms. The van der Waals surface area contributed by atoms with Crippen molar-refractivity contribution in [2.24, 2.45) is 5.73 Å². The lowest BCUT2D eigenvalue weighted by Gasteiger charge is -2.09. The van der Waals surface area contributed by atoms with Crippen molar-refractivity contribution in [2.45, 2.75) is 110 Å². The molecule has 0 aliphatic heterocycles. The molecule has 0 saturated heterocycles. The highest BCUT2D eigenvalue weighted by Gasteiger charge is 2.03. The van der Waals surface area contributed by atoms with Gasteiger partial charge < -0.3 is 48.4 Å². The van der Waals surface area contributed by atoms with Crippen LogP contribution in [0.2, 0.25) is 0 Å². The fraction of sp³-hybridized carbons (Fsp3) is 0.972. The predicted octanol–water partition coefficient (Wildman–Crippen LogP) is 5.88. The van der Waals surface area contributed by atoms with Crippen molar-refractivity contribution in [1.29, 1.82) is 0 Å². The molecule has 0 amide bonds. The van der Waals surface area contributed by atoms with E-state index in [0.717, 1.165) is 12.8 Å². The van der Waals surface area contributed by atoms with Gasteiger partial charge in [-0.05, 0) is 6.42 Å². The molecule has 47 heavy (non-hydrogen) atoms. The van der Waals surface area contributed by atoms with Gasteiger partial charge in [0.25, 0.3) is 0 Å². The Kier molecular flexibility index (Phi) is 42.3. The Morgan fingerprint density at radius 3 is 0.915 bits per heavy atom. The van der Waals surface area contributed by atoms with Crippen LogP contribution in [0.4, 0.5) is 0 Å². The van der Waals surface area contributed by atoms with E-state index in [2.05, 4.69) is 6.92 Å². The SMILES string of the molecule is CCCCCCCCCCCCCCCCCC(=O)OCCOCCOCCOCCOCCOCCOCCOCCOCCN. The number of hydrogen-bond acceptors (Lipinski definition) is 11. The fourth-order valence-electron chi connectivity index (χ4n) is 4.65. The lowest BCUT2D eigenvalue weighted by Crippen LogP contribution is -2.15. The summed E-state index contributed by atoms with van der Waals surface area (Å²) in [5.74, 6) is -0.128. The smallest absolute Gasteiger partial charge is 0.305 e. The van der Waals surface area contributed by atoms with Crippen LogP contribution in [0.25, 0.3) is 0 Å². The summed E-state index contributed by atoms with van der Waals surface area (Å²) < 4.78 is 48.6. The molecule has 0 fully saturated rings. The molecule has 0 aromatic carbocycles. The van der Waals surface area contributed by atoms with E-state index < -0.39 is 0 Å². The van der Waals surface area contributed by atoms with Gasteiger partial charge in [-0.2, -0.15) is 0 Å². The summed E-state index contributed by atoms with van der Waals surface area (Å²) in [4.78, 5) is 11.9. The Morgan fingerprint density at radius 2 is 0.617 bits per heavy atom. The number of esters is 1. The normalized spacial score (nSPS) is 11.4. The van der Waals surface area contributed by atoms with Crippen molar-refractivity contribution >= 4 is 5.97 Å². The van der Waals surface area contributed by atoms with Crippen molar-refractivity contribution in [2.75, 3.05) is 119 Å². The van der Waals surface area contributed by atoms with Crippen molar-refractivity contribution in [3.8, 4) is 0 Å². The van der Waals surface area contributed by atoms with Crippen molar-refractivity contribution in [3.05, 3.63) is 0 Å². The third kappa shape index (κ3) is 43.1. The first kappa shape index (κ1) is 46.1. The highest BCUT2D eigenvalue weighted by molar-refractivity contribution is 5.69. The van der Waals surface area contributed by atoms with Gasteiger partial charge in [0.2, 0.25) is 0 Å². The van der Waals surface area contributed by atoms with Crippen LogP contribution in [0, 0.1) is 0 Å². The van der Waals surface area contributed by atoms with Crippen LogP contribution in [0.15, 0.2) is 0 Å². The molecule has 2 N–H and O–H groups in total. The zero-order valence-corrected chi connectivity index (χ0v) is 30.2. The topological polar surface area (TPSA) is 126 Å². The van der Waals surface area contributed by atoms with Crippen LogP contribution in [0.3, 0.4) is 0 Å². The Bertz CT molecular complexity index is 588. The van der Waals surface area contributed by atoms with Crippen LogP contribution in [-0.4, -0.2) is 125 Å². The number of ether oxygens (including phenoxy) is 9. The molecule has 0 radical (unpaired) electrons. The second-order valence-electron chi connectivity index (χ2n) is 11.6. The summed E-state index contributed by atoms with van der Waals surface area (Å²) in [5, 5.41) is 0. The van der Waals surface area contributed by atoms with Crippen LogP contribution in [-0.2, 0) is 47.4 Å². The summed E-state index contributed by atoms with van der Waals surface area (Å²) in [5.41, 5.74) is 5.33. The lowest BCUT2D eigenvalue weighted by atomic mass is 10.0. The Balaban J connectivity index is 3.13. The largest absolute Gasteiger partial charge is 0.463 e. The molecule has 0 bridgehead atoms. The first-order valence-electron chi connectivity index (χ1n) is 18.8. The van der Waals surface area contributed by atoms with Gasteiger partial charge in [0.1, 0.15) is 6.61 Å². The molecule has 282 valence electrons. The van der Waals surface area contributed by atoms with E-state index in [1.165, 1.54) is 83.5 Å². The van der Waals surface area contributed by atoms with Crippen molar-refractivity contribution in [1.82, 2.24) is 0 Å². The highest BCUT2D eigenvalue weighted by atomic mass is 16.6. The van der Waals surface area contributed by atoms with E-state index in [1.54, 1.807) is 0 Å². The summed E-state index contributed by atoms with van der Waals surface area (Å²) in [7, 11) is 0. The van der Waals surface area contributed by atoms with Crippen LogP contribution in [0.1, 0.15) is 110 Å².